The molecule has 0 atom stereocenters. The van der Waals surface area contributed by atoms with Gasteiger partial charge >= 0.3 is 11.9 Å². The molecule has 0 aliphatic heterocycles. The van der Waals surface area contributed by atoms with Gasteiger partial charge in [0.1, 0.15) is 0 Å². The van der Waals surface area contributed by atoms with Crippen LogP contribution in [-0.4, -0.2) is 22.2 Å². The lowest BCUT2D eigenvalue weighted by atomic mass is 10.0. The van der Waals surface area contributed by atoms with Crippen molar-refractivity contribution in [1.29, 1.82) is 0 Å². The van der Waals surface area contributed by atoms with Gasteiger partial charge in [0, 0.05) is 12.8 Å². The average Bonchev–Trinajstić information content (AvgIpc) is 2.97. The van der Waals surface area contributed by atoms with Crippen molar-refractivity contribution in [3.05, 3.63) is 12.2 Å². The standard InChI is InChI=1S/C20H40O2.C18H34O2/c1-2-3-4-5-6-7-8-9-10-11-12-13-14-15-16-17-18-19-20(21)22;1-2-3-4-5-6-7-8-9-10-11-12-13-14-15-16-17-18(19)20/h2-19H2,1H3,(H,21,22);9-10H,2-8,11-17H2,1H3,(H,19,20)/b;10-9-. The molecule has 0 amide bonds. The van der Waals surface area contributed by atoms with E-state index in [-0.39, 0.29) is 0 Å². The van der Waals surface area contributed by atoms with Crippen molar-refractivity contribution in [2.45, 2.75) is 219 Å². The Bertz CT molecular complexity index is 557. The van der Waals surface area contributed by atoms with Crippen LogP contribution in [0.5, 0.6) is 0 Å². The molecule has 4 nitrogen and oxygen atoms in total. The first-order chi connectivity index (χ1) is 20.5. The Morgan fingerprint density at radius 1 is 0.357 bits per heavy atom. The van der Waals surface area contributed by atoms with Gasteiger partial charge in [-0.15, -0.1) is 0 Å². The smallest absolute Gasteiger partial charge is 0.303 e. The van der Waals surface area contributed by atoms with Crippen molar-refractivity contribution in [2.24, 2.45) is 0 Å². The van der Waals surface area contributed by atoms with Crippen LogP contribution in [0.2, 0.25) is 0 Å². The molecule has 2 N–H and O–H groups in total. The summed E-state index contributed by atoms with van der Waals surface area (Å²) in [5, 5.41) is 17.0. The van der Waals surface area contributed by atoms with Gasteiger partial charge in [-0.25, -0.2) is 0 Å². The van der Waals surface area contributed by atoms with Crippen LogP contribution in [0.25, 0.3) is 0 Å². The number of unbranched alkanes of at least 4 members (excludes halogenated alkanes) is 27. The quantitative estimate of drug-likeness (QED) is 0.0585. The number of aliphatic carboxylic acids is 2. The number of carbonyl (C=O) groups is 2. The van der Waals surface area contributed by atoms with Crippen molar-refractivity contribution < 1.29 is 19.8 Å². The molecule has 0 aromatic heterocycles. The maximum Gasteiger partial charge on any atom is 0.303 e. The molecule has 250 valence electrons. The molecule has 0 radical (unpaired) electrons. The molecule has 0 saturated carbocycles. The molecular weight excluding hydrogens is 520 g/mol. The van der Waals surface area contributed by atoms with Crippen LogP contribution >= 0.6 is 0 Å². The monoisotopic (exact) mass is 595 g/mol. The minimum atomic E-state index is -0.664. The fraction of sp³-hybridized carbons (Fsp3) is 0.895. The van der Waals surface area contributed by atoms with Gasteiger partial charge in [0.25, 0.3) is 0 Å². The summed E-state index contributed by atoms with van der Waals surface area (Å²) >= 11 is 0. The molecule has 0 saturated heterocycles. The molecule has 0 rings (SSSR count). The van der Waals surface area contributed by atoms with E-state index in [0.717, 1.165) is 25.7 Å². The fourth-order valence-electron chi connectivity index (χ4n) is 5.35. The van der Waals surface area contributed by atoms with E-state index in [9.17, 15) is 9.59 Å². The number of carboxylic acids is 2. The summed E-state index contributed by atoms with van der Waals surface area (Å²) in [6, 6.07) is 0. The second kappa shape index (κ2) is 39.7. The summed E-state index contributed by atoms with van der Waals surface area (Å²) in [4.78, 5) is 20.7. The molecule has 0 aromatic rings. The zero-order valence-electron chi connectivity index (χ0n) is 28.5. The highest BCUT2D eigenvalue weighted by atomic mass is 16.4. The van der Waals surface area contributed by atoms with Crippen LogP contribution in [0.15, 0.2) is 12.2 Å². The van der Waals surface area contributed by atoms with Gasteiger partial charge in [-0.1, -0.05) is 180 Å². The first-order valence-electron chi connectivity index (χ1n) is 18.6. The third kappa shape index (κ3) is 45.7. The summed E-state index contributed by atoms with van der Waals surface area (Å²) in [7, 11) is 0. The molecule has 0 aromatic carbocycles. The van der Waals surface area contributed by atoms with E-state index in [0.29, 0.717) is 12.8 Å². The van der Waals surface area contributed by atoms with E-state index < -0.39 is 11.9 Å². The van der Waals surface area contributed by atoms with E-state index >= 15 is 0 Å². The molecule has 0 spiro atoms. The molecule has 0 bridgehead atoms. The Hall–Kier alpha value is -1.32. The summed E-state index contributed by atoms with van der Waals surface area (Å²) in [6.07, 6.45) is 44.4. The van der Waals surface area contributed by atoms with E-state index in [1.165, 1.54) is 167 Å². The molecule has 0 fully saturated rings. The highest BCUT2D eigenvalue weighted by Gasteiger charge is 1.98. The molecule has 0 unspecified atom stereocenters. The van der Waals surface area contributed by atoms with Crippen molar-refractivity contribution in [2.75, 3.05) is 0 Å². The van der Waals surface area contributed by atoms with E-state index in [4.69, 9.17) is 10.2 Å². The van der Waals surface area contributed by atoms with Crippen LogP contribution in [0, 0.1) is 0 Å². The minimum absolute atomic E-state index is 0.332. The predicted molar refractivity (Wildman–Crippen MR) is 184 cm³/mol. The minimum Gasteiger partial charge on any atom is -0.481 e. The second-order valence-corrected chi connectivity index (χ2v) is 12.5. The first kappa shape index (κ1) is 42.8. The first-order valence-corrected chi connectivity index (χ1v) is 18.6. The van der Waals surface area contributed by atoms with E-state index in [1.807, 2.05) is 0 Å². The van der Waals surface area contributed by atoms with Crippen LogP contribution in [-0.2, 0) is 9.59 Å². The summed E-state index contributed by atoms with van der Waals surface area (Å²) < 4.78 is 0. The summed E-state index contributed by atoms with van der Waals surface area (Å²) in [6.45, 7) is 4.54. The van der Waals surface area contributed by atoms with Crippen LogP contribution < -0.4 is 0 Å². The lowest BCUT2D eigenvalue weighted by Gasteiger charge is -2.03. The lowest BCUT2D eigenvalue weighted by Crippen LogP contribution is -1.93. The molecule has 0 heterocycles. The maximum atomic E-state index is 10.4. The average molecular weight is 595 g/mol. The summed E-state index contributed by atoms with van der Waals surface area (Å²) in [5.74, 6) is -1.32. The highest BCUT2D eigenvalue weighted by molar-refractivity contribution is 5.66. The Kier molecular flexibility index (Phi) is 40.4. The van der Waals surface area contributed by atoms with Crippen molar-refractivity contribution >= 4 is 11.9 Å². The SMILES string of the molecule is CCCCCCCC/C=C\CCCCCCCC(=O)O.CCCCCCCCCCCCCCCCCCCC(=O)O. The van der Waals surface area contributed by atoms with Crippen molar-refractivity contribution in [3.8, 4) is 0 Å². The van der Waals surface area contributed by atoms with Gasteiger partial charge in [0.15, 0.2) is 0 Å². The van der Waals surface area contributed by atoms with Crippen molar-refractivity contribution in [1.82, 2.24) is 0 Å². The van der Waals surface area contributed by atoms with Gasteiger partial charge in [-0.2, -0.15) is 0 Å². The largest absolute Gasteiger partial charge is 0.481 e. The van der Waals surface area contributed by atoms with Gasteiger partial charge < -0.3 is 10.2 Å². The van der Waals surface area contributed by atoms with E-state index in [1.54, 1.807) is 0 Å². The Balaban J connectivity index is 0. The Morgan fingerprint density at radius 2 is 0.571 bits per heavy atom. The fourth-order valence-corrected chi connectivity index (χ4v) is 5.35. The number of hydrogen-bond donors (Lipinski definition) is 2. The van der Waals surface area contributed by atoms with Gasteiger partial charge in [0.05, 0.1) is 0 Å². The second-order valence-electron chi connectivity index (χ2n) is 12.5. The Morgan fingerprint density at radius 3 is 0.810 bits per heavy atom. The van der Waals surface area contributed by atoms with Gasteiger partial charge in [0.2, 0.25) is 0 Å². The zero-order valence-corrected chi connectivity index (χ0v) is 28.5. The number of allylic oxidation sites excluding steroid dienone is 2. The molecular formula is C38H74O4. The van der Waals surface area contributed by atoms with E-state index in [2.05, 4.69) is 26.0 Å². The topological polar surface area (TPSA) is 74.6 Å². The summed E-state index contributed by atoms with van der Waals surface area (Å²) in [5.41, 5.74) is 0. The molecule has 42 heavy (non-hydrogen) atoms. The van der Waals surface area contributed by atoms with Crippen LogP contribution in [0.1, 0.15) is 219 Å². The third-order valence-electron chi connectivity index (χ3n) is 8.15. The maximum absolute atomic E-state index is 10.4. The zero-order chi connectivity index (χ0) is 31.2. The van der Waals surface area contributed by atoms with Crippen molar-refractivity contribution in [3.63, 3.8) is 0 Å². The predicted octanol–water partition coefficient (Wildman–Crippen LogP) is 13.2. The van der Waals surface area contributed by atoms with Crippen LogP contribution in [0.3, 0.4) is 0 Å². The number of carboxylic acid groups (broad SMARTS) is 2. The number of rotatable bonds is 33. The normalized spacial score (nSPS) is 11.1. The molecule has 0 aliphatic rings. The van der Waals surface area contributed by atoms with Crippen LogP contribution in [0.4, 0.5) is 0 Å². The number of hydrogen-bond acceptors (Lipinski definition) is 2. The van der Waals surface area contributed by atoms with Gasteiger partial charge in [-0.3, -0.25) is 9.59 Å². The lowest BCUT2D eigenvalue weighted by molar-refractivity contribution is -0.138. The third-order valence-corrected chi connectivity index (χ3v) is 8.15. The highest BCUT2D eigenvalue weighted by Crippen LogP contribution is 2.14. The molecule has 0 aliphatic carbocycles. The Labute approximate surface area is 262 Å². The molecule has 4 heteroatoms. The van der Waals surface area contributed by atoms with Gasteiger partial charge in [-0.05, 0) is 38.5 Å².